The van der Waals surface area contributed by atoms with Gasteiger partial charge in [0.15, 0.2) is 0 Å². The molecule has 4 nitrogen and oxygen atoms in total. The van der Waals surface area contributed by atoms with Gasteiger partial charge in [-0.15, -0.1) is 0 Å². The van der Waals surface area contributed by atoms with Crippen LogP contribution in [0.25, 0.3) is 0 Å². The summed E-state index contributed by atoms with van der Waals surface area (Å²) in [6.07, 6.45) is 6.69. The van der Waals surface area contributed by atoms with Crippen LogP contribution in [0.4, 0.5) is 0 Å². The maximum atomic E-state index is 10.6. The summed E-state index contributed by atoms with van der Waals surface area (Å²) in [6, 6.07) is -0.543. The summed E-state index contributed by atoms with van der Waals surface area (Å²) >= 11 is 0. The molecular formula is C10H21N3O. The van der Waals surface area contributed by atoms with E-state index in [-0.39, 0.29) is 0 Å². The molecule has 0 saturated heterocycles. The number of hydrogen-bond acceptors (Lipinski definition) is 3. The van der Waals surface area contributed by atoms with E-state index < -0.39 is 11.9 Å². The number of nitrogens with one attached hydrogen (secondary N) is 1. The third kappa shape index (κ3) is 4.07. The van der Waals surface area contributed by atoms with Crippen molar-refractivity contribution in [2.24, 2.45) is 17.4 Å². The molecule has 0 aliphatic heterocycles. The molecule has 0 aromatic rings. The zero-order valence-corrected chi connectivity index (χ0v) is 8.67. The number of hydrogen-bond donors (Lipinski definition) is 3. The van der Waals surface area contributed by atoms with Gasteiger partial charge in [-0.1, -0.05) is 25.7 Å². The molecule has 0 spiro atoms. The number of amides is 1. The molecule has 0 radical (unpaired) electrons. The van der Waals surface area contributed by atoms with Crippen molar-refractivity contribution in [3.63, 3.8) is 0 Å². The SMILES string of the molecule is NC(=O)C(N)CNCCC1CCCC1. The van der Waals surface area contributed by atoms with Gasteiger partial charge >= 0.3 is 0 Å². The van der Waals surface area contributed by atoms with Gasteiger partial charge in [-0.05, 0) is 18.9 Å². The lowest BCUT2D eigenvalue weighted by Gasteiger charge is -2.11. The van der Waals surface area contributed by atoms with E-state index in [0.717, 1.165) is 12.5 Å². The first-order valence-electron chi connectivity index (χ1n) is 5.45. The Morgan fingerprint density at radius 2 is 2.07 bits per heavy atom. The zero-order chi connectivity index (χ0) is 10.4. The van der Waals surface area contributed by atoms with Crippen LogP contribution in [-0.4, -0.2) is 25.0 Å². The summed E-state index contributed by atoms with van der Waals surface area (Å²) in [4.78, 5) is 10.6. The number of primary amides is 1. The molecule has 1 unspecified atom stereocenters. The summed E-state index contributed by atoms with van der Waals surface area (Å²) in [7, 11) is 0. The molecule has 1 saturated carbocycles. The normalized spacial score (nSPS) is 19.8. The maximum absolute atomic E-state index is 10.6. The molecule has 1 atom stereocenters. The van der Waals surface area contributed by atoms with Crippen molar-refractivity contribution in [3.8, 4) is 0 Å². The standard InChI is InChI=1S/C10H21N3O/c11-9(10(12)14)7-13-6-5-8-3-1-2-4-8/h8-9,13H,1-7,11H2,(H2,12,14). The fraction of sp³-hybridized carbons (Fsp3) is 0.900. The second-order valence-electron chi connectivity index (χ2n) is 4.15. The highest BCUT2D eigenvalue weighted by atomic mass is 16.1. The van der Waals surface area contributed by atoms with Crippen LogP contribution in [-0.2, 0) is 4.79 Å². The lowest BCUT2D eigenvalue weighted by atomic mass is 10.0. The van der Waals surface area contributed by atoms with Crippen LogP contribution in [0.5, 0.6) is 0 Å². The second kappa shape index (κ2) is 5.98. The molecule has 1 aliphatic carbocycles. The Morgan fingerprint density at radius 3 is 2.64 bits per heavy atom. The summed E-state index contributed by atoms with van der Waals surface area (Å²) in [6.45, 7) is 1.45. The van der Waals surface area contributed by atoms with Gasteiger partial charge < -0.3 is 16.8 Å². The van der Waals surface area contributed by atoms with Crippen LogP contribution in [0.15, 0.2) is 0 Å². The van der Waals surface area contributed by atoms with E-state index in [4.69, 9.17) is 11.5 Å². The summed E-state index contributed by atoms with van der Waals surface area (Å²) in [5.41, 5.74) is 10.5. The van der Waals surface area contributed by atoms with Crippen LogP contribution in [0, 0.1) is 5.92 Å². The molecule has 0 bridgehead atoms. The van der Waals surface area contributed by atoms with Gasteiger partial charge in [0.25, 0.3) is 0 Å². The minimum Gasteiger partial charge on any atom is -0.368 e. The smallest absolute Gasteiger partial charge is 0.235 e. The molecule has 1 amide bonds. The summed E-state index contributed by atoms with van der Waals surface area (Å²) in [5, 5.41) is 3.17. The molecule has 1 rings (SSSR count). The largest absolute Gasteiger partial charge is 0.368 e. The first-order valence-corrected chi connectivity index (χ1v) is 5.45. The Morgan fingerprint density at radius 1 is 1.43 bits per heavy atom. The van der Waals surface area contributed by atoms with Crippen molar-refractivity contribution >= 4 is 5.91 Å². The van der Waals surface area contributed by atoms with E-state index >= 15 is 0 Å². The number of rotatable bonds is 6. The average Bonchev–Trinajstić information content (AvgIpc) is 2.64. The number of nitrogens with two attached hydrogens (primary N) is 2. The topological polar surface area (TPSA) is 81.1 Å². The first kappa shape index (κ1) is 11.5. The van der Waals surface area contributed by atoms with Crippen molar-refractivity contribution in [3.05, 3.63) is 0 Å². The Hall–Kier alpha value is -0.610. The molecule has 1 aliphatic rings. The van der Waals surface area contributed by atoms with E-state index in [9.17, 15) is 4.79 Å². The van der Waals surface area contributed by atoms with Crippen LogP contribution >= 0.6 is 0 Å². The van der Waals surface area contributed by atoms with Crippen LogP contribution < -0.4 is 16.8 Å². The van der Waals surface area contributed by atoms with Gasteiger partial charge in [-0.2, -0.15) is 0 Å². The first-order chi connectivity index (χ1) is 6.70. The monoisotopic (exact) mass is 199 g/mol. The van der Waals surface area contributed by atoms with Gasteiger partial charge in [-0.25, -0.2) is 0 Å². The Bertz CT molecular complexity index is 178. The quantitative estimate of drug-likeness (QED) is 0.525. The lowest BCUT2D eigenvalue weighted by Crippen LogP contribution is -2.44. The molecular weight excluding hydrogens is 178 g/mol. The minimum atomic E-state index is -0.543. The van der Waals surface area contributed by atoms with Crippen molar-refractivity contribution in [1.29, 1.82) is 0 Å². The van der Waals surface area contributed by atoms with Crippen LogP contribution in [0.2, 0.25) is 0 Å². The highest BCUT2D eigenvalue weighted by Crippen LogP contribution is 2.26. The van der Waals surface area contributed by atoms with Crippen molar-refractivity contribution in [1.82, 2.24) is 5.32 Å². The van der Waals surface area contributed by atoms with E-state index in [2.05, 4.69) is 5.32 Å². The highest BCUT2D eigenvalue weighted by molar-refractivity contribution is 5.79. The predicted octanol–water partition coefficient (Wildman–Crippen LogP) is -0.0311. The van der Waals surface area contributed by atoms with Crippen LogP contribution in [0.1, 0.15) is 32.1 Å². The van der Waals surface area contributed by atoms with Gasteiger partial charge in [-0.3, -0.25) is 4.79 Å². The fourth-order valence-electron chi connectivity index (χ4n) is 1.96. The molecule has 0 aromatic heterocycles. The van der Waals surface area contributed by atoms with Crippen molar-refractivity contribution in [2.75, 3.05) is 13.1 Å². The van der Waals surface area contributed by atoms with E-state index in [0.29, 0.717) is 6.54 Å². The zero-order valence-electron chi connectivity index (χ0n) is 8.67. The number of carbonyl (C=O) groups excluding carboxylic acids is 1. The molecule has 14 heavy (non-hydrogen) atoms. The molecule has 5 N–H and O–H groups in total. The number of carbonyl (C=O) groups is 1. The van der Waals surface area contributed by atoms with Gasteiger partial charge in [0.05, 0.1) is 6.04 Å². The third-order valence-electron chi connectivity index (χ3n) is 2.93. The van der Waals surface area contributed by atoms with Gasteiger partial charge in [0.1, 0.15) is 0 Å². The van der Waals surface area contributed by atoms with E-state index in [1.165, 1.54) is 32.1 Å². The van der Waals surface area contributed by atoms with E-state index in [1.807, 2.05) is 0 Å². The van der Waals surface area contributed by atoms with E-state index in [1.54, 1.807) is 0 Å². The minimum absolute atomic E-state index is 0.432. The maximum Gasteiger partial charge on any atom is 0.235 e. The Kier molecular flexibility index (Phi) is 4.90. The molecule has 82 valence electrons. The molecule has 1 fully saturated rings. The Balaban J connectivity index is 1.95. The third-order valence-corrected chi connectivity index (χ3v) is 2.93. The summed E-state index contributed by atoms with van der Waals surface area (Å²) in [5.74, 6) is 0.450. The lowest BCUT2D eigenvalue weighted by molar-refractivity contribution is -0.119. The highest BCUT2D eigenvalue weighted by Gasteiger charge is 2.14. The van der Waals surface area contributed by atoms with Crippen LogP contribution in [0.3, 0.4) is 0 Å². The van der Waals surface area contributed by atoms with Gasteiger partial charge in [0, 0.05) is 6.54 Å². The van der Waals surface area contributed by atoms with Crippen molar-refractivity contribution in [2.45, 2.75) is 38.1 Å². The second-order valence-corrected chi connectivity index (χ2v) is 4.15. The average molecular weight is 199 g/mol. The predicted molar refractivity (Wildman–Crippen MR) is 56.6 cm³/mol. The molecule has 0 aromatic carbocycles. The summed E-state index contributed by atoms with van der Waals surface area (Å²) < 4.78 is 0. The Labute approximate surface area is 85.4 Å². The molecule has 4 heteroatoms. The van der Waals surface area contributed by atoms with Gasteiger partial charge in [0.2, 0.25) is 5.91 Å². The fourth-order valence-corrected chi connectivity index (χ4v) is 1.96. The van der Waals surface area contributed by atoms with Crippen molar-refractivity contribution < 1.29 is 4.79 Å². The molecule has 0 heterocycles.